The molecule has 5 nitrogen and oxygen atoms in total. The van der Waals surface area contributed by atoms with Crippen molar-refractivity contribution in [1.82, 2.24) is 0 Å². The van der Waals surface area contributed by atoms with Crippen LogP contribution >= 0.6 is 11.6 Å². The van der Waals surface area contributed by atoms with E-state index in [0.717, 1.165) is 5.56 Å². The topological polar surface area (TPSA) is 76.0 Å². The van der Waals surface area contributed by atoms with Crippen molar-refractivity contribution < 1.29 is 24.5 Å². The van der Waals surface area contributed by atoms with Crippen LogP contribution in [0.3, 0.4) is 0 Å². The molecular formula is C19H21ClO5. The van der Waals surface area contributed by atoms with Crippen LogP contribution in [-0.2, 0) is 16.1 Å². The average molecular weight is 365 g/mol. The van der Waals surface area contributed by atoms with E-state index in [-0.39, 0.29) is 6.61 Å². The van der Waals surface area contributed by atoms with Gasteiger partial charge in [-0.2, -0.15) is 0 Å². The monoisotopic (exact) mass is 364 g/mol. The minimum absolute atomic E-state index is 0.126. The van der Waals surface area contributed by atoms with Crippen LogP contribution in [0.1, 0.15) is 22.8 Å². The van der Waals surface area contributed by atoms with E-state index < -0.39 is 30.9 Å². The van der Waals surface area contributed by atoms with Gasteiger partial charge in [-0.1, -0.05) is 48.0 Å². The van der Waals surface area contributed by atoms with Crippen molar-refractivity contribution in [2.45, 2.75) is 31.8 Å². The molecular weight excluding hydrogens is 344 g/mol. The quantitative estimate of drug-likeness (QED) is 0.704. The molecule has 0 aromatic heterocycles. The van der Waals surface area contributed by atoms with Crippen molar-refractivity contribution in [2.24, 2.45) is 0 Å². The molecule has 0 amide bonds. The molecule has 2 N–H and O–H groups in total. The second-order valence-corrected chi connectivity index (χ2v) is 6.00. The lowest BCUT2D eigenvalue weighted by atomic mass is 10.1. The molecule has 0 aliphatic heterocycles. The van der Waals surface area contributed by atoms with Crippen molar-refractivity contribution in [3.8, 4) is 0 Å². The van der Waals surface area contributed by atoms with Gasteiger partial charge in [0.2, 0.25) is 0 Å². The van der Waals surface area contributed by atoms with Crippen LogP contribution in [0, 0.1) is 0 Å². The number of halogens is 1. The Kier molecular flexibility index (Phi) is 7.40. The summed E-state index contributed by atoms with van der Waals surface area (Å²) in [6.45, 7) is 1.26. The molecule has 0 saturated carbocycles. The maximum atomic E-state index is 12.0. The summed E-state index contributed by atoms with van der Waals surface area (Å²) in [7, 11) is 0. The average Bonchev–Trinajstić information content (AvgIpc) is 2.64. The van der Waals surface area contributed by atoms with Gasteiger partial charge in [-0.05, 0) is 30.7 Å². The first-order chi connectivity index (χ1) is 12.0. The summed E-state index contributed by atoms with van der Waals surface area (Å²) in [5, 5.41) is 20.3. The molecule has 0 spiro atoms. The predicted molar refractivity (Wildman–Crippen MR) is 94.4 cm³/mol. The van der Waals surface area contributed by atoms with E-state index in [2.05, 4.69) is 0 Å². The van der Waals surface area contributed by atoms with E-state index in [0.29, 0.717) is 10.6 Å². The minimum Gasteiger partial charge on any atom is -0.456 e. The van der Waals surface area contributed by atoms with Crippen molar-refractivity contribution in [3.63, 3.8) is 0 Å². The zero-order valence-electron chi connectivity index (χ0n) is 13.8. The summed E-state index contributed by atoms with van der Waals surface area (Å²) in [5.74, 6) is -0.546. The van der Waals surface area contributed by atoms with Gasteiger partial charge < -0.3 is 19.7 Å². The van der Waals surface area contributed by atoms with Crippen molar-refractivity contribution in [1.29, 1.82) is 0 Å². The SMILES string of the molecule is C[C@H](OC(=O)c1ccccc1)[C@@H](O)[C@@H](CO)OCc1ccccc1Cl. The fraction of sp³-hybridized carbons (Fsp3) is 0.316. The van der Waals surface area contributed by atoms with E-state index in [1.165, 1.54) is 0 Å². The van der Waals surface area contributed by atoms with Crippen LogP contribution in [0.25, 0.3) is 0 Å². The second-order valence-electron chi connectivity index (χ2n) is 5.59. The third kappa shape index (κ3) is 5.54. The van der Waals surface area contributed by atoms with Gasteiger partial charge in [-0.15, -0.1) is 0 Å². The van der Waals surface area contributed by atoms with Crippen LogP contribution in [0.15, 0.2) is 54.6 Å². The maximum Gasteiger partial charge on any atom is 0.338 e. The summed E-state index contributed by atoms with van der Waals surface area (Å²) >= 11 is 6.06. The first-order valence-corrected chi connectivity index (χ1v) is 8.30. The van der Waals surface area contributed by atoms with Gasteiger partial charge in [0, 0.05) is 5.02 Å². The maximum absolute atomic E-state index is 12.0. The molecule has 0 saturated heterocycles. The molecule has 2 rings (SSSR count). The number of aliphatic hydroxyl groups excluding tert-OH is 2. The number of benzene rings is 2. The van der Waals surface area contributed by atoms with Gasteiger partial charge in [0.15, 0.2) is 0 Å². The summed E-state index contributed by atoms with van der Waals surface area (Å²) in [5.41, 5.74) is 1.13. The van der Waals surface area contributed by atoms with E-state index in [1.54, 1.807) is 55.5 Å². The Morgan fingerprint density at radius 3 is 2.40 bits per heavy atom. The Morgan fingerprint density at radius 1 is 1.12 bits per heavy atom. The highest BCUT2D eigenvalue weighted by Crippen LogP contribution is 2.18. The molecule has 0 radical (unpaired) electrons. The van der Waals surface area contributed by atoms with E-state index >= 15 is 0 Å². The van der Waals surface area contributed by atoms with Gasteiger partial charge in [0.05, 0.1) is 18.8 Å². The lowest BCUT2D eigenvalue weighted by molar-refractivity contribution is -0.111. The Morgan fingerprint density at radius 2 is 1.76 bits per heavy atom. The molecule has 134 valence electrons. The summed E-state index contributed by atoms with van der Waals surface area (Å²) < 4.78 is 10.8. The fourth-order valence-electron chi connectivity index (χ4n) is 2.25. The highest BCUT2D eigenvalue weighted by Gasteiger charge is 2.28. The van der Waals surface area contributed by atoms with Gasteiger partial charge in [0.25, 0.3) is 0 Å². The number of carbonyl (C=O) groups is 1. The molecule has 3 atom stereocenters. The standard InChI is InChI=1S/C19H21ClO5/c1-13(25-19(23)14-7-3-2-4-8-14)18(22)17(11-21)24-12-15-9-5-6-10-16(15)20/h2-10,13,17-18,21-22H,11-12H2,1H3/t13-,17+,18+/m0/s1. The van der Waals surface area contributed by atoms with Crippen LogP contribution < -0.4 is 0 Å². The third-order valence-corrected chi connectivity index (χ3v) is 4.12. The van der Waals surface area contributed by atoms with Crippen LogP contribution in [-0.4, -0.2) is 41.1 Å². The van der Waals surface area contributed by atoms with E-state index in [9.17, 15) is 15.0 Å². The van der Waals surface area contributed by atoms with Crippen LogP contribution in [0.4, 0.5) is 0 Å². The van der Waals surface area contributed by atoms with Gasteiger partial charge in [-0.25, -0.2) is 4.79 Å². The first kappa shape index (κ1) is 19.4. The smallest absolute Gasteiger partial charge is 0.338 e. The number of esters is 1. The minimum atomic E-state index is -1.18. The van der Waals surface area contributed by atoms with E-state index in [1.807, 2.05) is 6.07 Å². The van der Waals surface area contributed by atoms with Crippen molar-refractivity contribution >= 4 is 17.6 Å². The lowest BCUT2D eigenvalue weighted by Crippen LogP contribution is -2.42. The summed E-state index contributed by atoms with van der Waals surface area (Å²) in [6.07, 6.45) is -2.94. The number of ether oxygens (including phenoxy) is 2. The second kappa shape index (κ2) is 9.53. The fourth-order valence-corrected chi connectivity index (χ4v) is 2.44. The molecule has 0 aliphatic rings. The van der Waals surface area contributed by atoms with Crippen LogP contribution in [0.5, 0.6) is 0 Å². The zero-order chi connectivity index (χ0) is 18.2. The summed E-state index contributed by atoms with van der Waals surface area (Å²) in [6, 6.07) is 15.6. The predicted octanol–water partition coefficient (Wildman–Crippen LogP) is 2.82. The van der Waals surface area contributed by atoms with Gasteiger partial charge >= 0.3 is 5.97 Å². The number of hydrogen-bond donors (Lipinski definition) is 2. The number of carbonyl (C=O) groups excluding carboxylic acids is 1. The first-order valence-electron chi connectivity index (χ1n) is 7.93. The molecule has 0 aliphatic carbocycles. The Bertz CT molecular complexity index is 677. The number of aliphatic hydroxyl groups is 2. The molecule has 0 fully saturated rings. The molecule has 2 aromatic carbocycles. The molecule has 6 heteroatoms. The van der Waals surface area contributed by atoms with Gasteiger partial charge in [0.1, 0.15) is 18.3 Å². The number of rotatable bonds is 8. The van der Waals surface area contributed by atoms with Crippen molar-refractivity contribution in [3.05, 3.63) is 70.7 Å². The molecule has 0 heterocycles. The van der Waals surface area contributed by atoms with E-state index in [4.69, 9.17) is 21.1 Å². The van der Waals surface area contributed by atoms with Crippen molar-refractivity contribution in [2.75, 3.05) is 6.61 Å². The number of hydrogen-bond acceptors (Lipinski definition) is 5. The Labute approximate surface area is 151 Å². The lowest BCUT2D eigenvalue weighted by Gasteiger charge is -2.26. The third-order valence-electron chi connectivity index (χ3n) is 3.75. The molecule has 25 heavy (non-hydrogen) atoms. The normalized spacial score (nSPS) is 14.6. The largest absolute Gasteiger partial charge is 0.456 e. The molecule has 0 unspecified atom stereocenters. The molecule has 0 bridgehead atoms. The zero-order valence-corrected chi connectivity index (χ0v) is 14.6. The Hall–Kier alpha value is -1.92. The Balaban J connectivity index is 1.92. The molecule has 2 aromatic rings. The van der Waals surface area contributed by atoms with Crippen LogP contribution in [0.2, 0.25) is 5.02 Å². The highest BCUT2D eigenvalue weighted by molar-refractivity contribution is 6.31. The highest BCUT2D eigenvalue weighted by atomic mass is 35.5. The summed E-state index contributed by atoms with van der Waals surface area (Å²) in [4.78, 5) is 12.0. The van der Waals surface area contributed by atoms with Gasteiger partial charge in [-0.3, -0.25) is 0 Å².